The van der Waals surface area contributed by atoms with E-state index in [9.17, 15) is 0 Å². The van der Waals surface area contributed by atoms with Crippen LogP contribution in [0.25, 0.3) is 11.1 Å². The molecule has 0 unspecified atom stereocenters. The highest BCUT2D eigenvalue weighted by Gasteiger charge is 2.01. The Kier molecular flexibility index (Phi) is 7.60. The Morgan fingerprint density at radius 2 is 1.62 bits per heavy atom. The van der Waals surface area contributed by atoms with E-state index in [1.54, 1.807) is 6.08 Å². The molecule has 0 aromatic heterocycles. The van der Waals surface area contributed by atoms with Gasteiger partial charge in [-0.25, -0.2) is 0 Å². The standard InChI is InChI=1S/C21H24/c1-5-9-13-18(8-4)20-15-11-16-21(17-20)19(12-7-3)14-10-6-2/h5-17H,1H2,2-4H3/b10-6-,12-7-,13-9-,18-8+,19-14+. The molecule has 1 rings (SSSR count). The number of benzene rings is 1. The fourth-order valence-electron chi connectivity index (χ4n) is 2.04. The maximum atomic E-state index is 3.72. The first-order valence-electron chi connectivity index (χ1n) is 7.28. The van der Waals surface area contributed by atoms with Crippen molar-refractivity contribution in [2.75, 3.05) is 0 Å². The number of hydrogen-bond donors (Lipinski definition) is 0. The molecule has 1 aromatic rings. The lowest BCUT2D eigenvalue weighted by Gasteiger charge is -2.07. The van der Waals surface area contributed by atoms with Gasteiger partial charge < -0.3 is 0 Å². The largest absolute Gasteiger partial charge is 0.0991 e. The van der Waals surface area contributed by atoms with Crippen LogP contribution in [0.1, 0.15) is 31.9 Å². The zero-order valence-electron chi connectivity index (χ0n) is 13.2. The molecule has 0 amide bonds. The van der Waals surface area contributed by atoms with Crippen LogP contribution in [-0.4, -0.2) is 0 Å². The Bertz CT molecular complexity index is 605. The second kappa shape index (κ2) is 9.55. The zero-order chi connectivity index (χ0) is 15.5. The zero-order valence-corrected chi connectivity index (χ0v) is 13.2. The molecule has 21 heavy (non-hydrogen) atoms. The summed E-state index contributed by atoms with van der Waals surface area (Å²) in [6.45, 7) is 9.84. The Balaban J connectivity index is 3.25. The Morgan fingerprint density at radius 1 is 0.905 bits per heavy atom. The van der Waals surface area contributed by atoms with Crippen molar-refractivity contribution in [2.45, 2.75) is 20.8 Å². The van der Waals surface area contributed by atoms with Crippen molar-refractivity contribution in [3.8, 4) is 0 Å². The van der Waals surface area contributed by atoms with Crippen LogP contribution in [0.5, 0.6) is 0 Å². The number of hydrogen-bond acceptors (Lipinski definition) is 0. The third-order valence-electron chi connectivity index (χ3n) is 3.07. The van der Waals surface area contributed by atoms with Gasteiger partial charge in [-0.2, -0.15) is 0 Å². The second-order valence-electron chi connectivity index (χ2n) is 4.57. The Labute approximate surface area is 129 Å². The average Bonchev–Trinajstić information content (AvgIpc) is 2.52. The van der Waals surface area contributed by atoms with Gasteiger partial charge in [0, 0.05) is 0 Å². The van der Waals surface area contributed by atoms with E-state index in [2.05, 4.69) is 74.2 Å². The maximum Gasteiger partial charge on any atom is -0.0178 e. The quantitative estimate of drug-likeness (QED) is 0.530. The summed E-state index contributed by atoms with van der Waals surface area (Å²) < 4.78 is 0. The van der Waals surface area contributed by atoms with Crippen LogP contribution in [-0.2, 0) is 0 Å². The van der Waals surface area contributed by atoms with Gasteiger partial charge in [0.2, 0.25) is 0 Å². The Hall–Kier alpha value is -2.34. The van der Waals surface area contributed by atoms with E-state index in [1.165, 1.54) is 22.3 Å². The summed E-state index contributed by atoms with van der Waals surface area (Å²) in [5.74, 6) is 0. The molecule has 0 nitrogen and oxygen atoms in total. The lowest BCUT2D eigenvalue weighted by molar-refractivity contribution is 1.54. The summed E-state index contributed by atoms with van der Waals surface area (Å²) in [6.07, 6.45) is 18.4. The van der Waals surface area contributed by atoms with Crippen LogP contribution < -0.4 is 0 Å². The van der Waals surface area contributed by atoms with Crippen molar-refractivity contribution in [1.29, 1.82) is 0 Å². The van der Waals surface area contributed by atoms with E-state index < -0.39 is 0 Å². The van der Waals surface area contributed by atoms with Crippen molar-refractivity contribution < 1.29 is 0 Å². The molecule has 0 atom stereocenters. The van der Waals surface area contributed by atoms with Crippen LogP contribution in [0.2, 0.25) is 0 Å². The fraction of sp³-hybridized carbons (Fsp3) is 0.143. The minimum absolute atomic E-state index is 1.20. The third kappa shape index (κ3) is 5.27. The molecule has 0 spiro atoms. The molecule has 108 valence electrons. The summed E-state index contributed by atoms with van der Waals surface area (Å²) in [5, 5.41) is 0. The predicted molar refractivity (Wildman–Crippen MR) is 97.0 cm³/mol. The molecule has 0 aliphatic heterocycles. The monoisotopic (exact) mass is 276 g/mol. The molecule has 0 saturated heterocycles. The highest BCUT2D eigenvalue weighted by Crippen LogP contribution is 2.23. The van der Waals surface area contributed by atoms with Gasteiger partial charge in [-0.3, -0.25) is 0 Å². The summed E-state index contributed by atoms with van der Waals surface area (Å²) in [4.78, 5) is 0. The molecule has 0 aliphatic carbocycles. The van der Waals surface area contributed by atoms with Gasteiger partial charge >= 0.3 is 0 Å². The van der Waals surface area contributed by atoms with Gasteiger partial charge in [0.25, 0.3) is 0 Å². The smallest absolute Gasteiger partial charge is 0.0178 e. The van der Waals surface area contributed by atoms with Gasteiger partial charge in [-0.15, -0.1) is 0 Å². The maximum absolute atomic E-state index is 3.72. The predicted octanol–water partition coefficient (Wildman–Crippen LogP) is 6.37. The third-order valence-corrected chi connectivity index (χ3v) is 3.07. The number of rotatable bonds is 6. The van der Waals surface area contributed by atoms with Crippen molar-refractivity contribution in [2.24, 2.45) is 0 Å². The molecular weight excluding hydrogens is 252 g/mol. The van der Waals surface area contributed by atoms with Gasteiger partial charge in [0.15, 0.2) is 0 Å². The fourth-order valence-corrected chi connectivity index (χ4v) is 2.04. The molecule has 0 aliphatic rings. The first-order chi connectivity index (χ1) is 10.3. The van der Waals surface area contributed by atoms with Crippen molar-refractivity contribution in [1.82, 2.24) is 0 Å². The van der Waals surface area contributed by atoms with Gasteiger partial charge in [0.1, 0.15) is 0 Å². The Morgan fingerprint density at radius 3 is 2.19 bits per heavy atom. The molecule has 0 heteroatoms. The SMILES string of the molecule is C=C/C=C\C(=C/C)c1cccc(C(/C=C\C)=C/C=C\C)c1. The van der Waals surface area contributed by atoms with E-state index in [4.69, 9.17) is 0 Å². The molecule has 0 heterocycles. The molecule has 0 N–H and O–H groups in total. The van der Waals surface area contributed by atoms with Crippen molar-refractivity contribution in [3.05, 3.63) is 96.7 Å². The number of allylic oxidation sites excluding steroid dienone is 11. The minimum atomic E-state index is 1.20. The van der Waals surface area contributed by atoms with Gasteiger partial charge in [-0.05, 0) is 49.1 Å². The van der Waals surface area contributed by atoms with Crippen molar-refractivity contribution in [3.63, 3.8) is 0 Å². The van der Waals surface area contributed by atoms with E-state index in [0.29, 0.717) is 0 Å². The highest BCUT2D eigenvalue weighted by molar-refractivity contribution is 5.80. The van der Waals surface area contributed by atoms with Crippen LogP contribution in [0, 0.1) is 0 Å². The highest BCUT2D eigenvalue weighted by atomic mass is 14.1. The van der Waals surface area contributed by atoms with E-state index >= 15 is 0 Å². The normalized spacial score (nSPS) is 13.7. The van der Waals surface area contributed by atoms with Gasteiger partial charge in [0.05, 0.1) is 0 Å². The molecule has 1 aromatic carbocycles. The minimum Gasteiger partial charge on any atom is -0.0991 e. The molecular formula is C21H24. The topological polar surface area (TPSA) is 0 Å². The molecule has 0 bridgehead atoms. The summed E-state index contributed by atoms with van der Waals surface area (Å²) in [6, 6.07) is 8.60. The van der Waals surface area contributed by atoms with Gasteiger partial charge in [-0.1, -0.05) is 79.5 Å². The van der Waals surface area contributed by atoms with Crippen LogP contribution in [0.15, 0.2) is 85.5 Å². The molecule has 0 radical (unpaired) electrons. The lowest BCUT2D eigenvalue weighted by atomic mass is 9.98. The first kappa shape index (κ1) is 16.7. The van der Waals surface area contributed by atoms with Crippen LogP contribution >= 0.6 is 0 Å². The first-order valence-corrected chi connectivity index (χ1v) is 7.28. The average molecular weight is 276 g/mol. The summed E-state index contributed by atoms with van der Waals surface area (Å²) in [7, 11) is 0. The molecule has 0 saturated carbocycles. The molecule has 0 fully saturated rings. The van der Waals surface area contributed by atoms with E-state index in [0.717, 1.165) is 0 Å². The van der Waals surface area contributed by atoms with Crippen LogP contribution in [0.3, 0.4) is 0 Å². The summed E-state index contributed by atoms with van der Waals surface area (Å²) >= 11 is 0. The van der Waals surface area contributed by atoms with Crippen molar-refractivity contribution >= 4 is 11.1 Å². The van der Waals surface area contributed by atoms with E-state index in [1.807, 2.05) is 26.0 Å². The summed E-state index contributed by atoms with van der Waals surface area (Å²) in [5.41, 5.74) is 4.84. The van der Waals surface area contributed by atoms with Crippen LogP contribution in [0.4, 0.5) is 0 Å². The lowest BCUT2D eigenvalue weighted by Crippen LogP contribution is -1.86. The second-order valence-corrected chi connectivity index (χ2v) is 4.57. The van der Waals surface area contributed by atoms with E-state index in [-0.39, 0.29) is 0 Å².